The van der Waals surface area contributed by atoms with Crippen LogP contribution in [-0.4, -0.2) is 66.6 Å². The summed E-state index contributed by atoms with van der Waals surface area (Å²) in [4.78, 5) is 57.4. The largest absolute Gasteiger partial charge is 0.432 e. The number of rotatable bonds is 8. The molecule has 0 saturated carbocycles. The molecule has 2 saturated heterocycles. The Bertz CT molecular complexity index is 1550. The first-order valence-corrected chi connectivity index (χ1v) is 18.3. The van der Waals surface area contributed by atoms with Crippen molar-refractivity contribution in [3.05, 3.63) is 84.4 Å². The number of likely N-dealkylation sites (tertiary alicyclic amines) is 1. The number of para-hydroxylation sites is 2. The van der Waals surface area contributed by atoms with Crippen LogP contribution in [0.2, 0.25) is 18.6 Å². The molecule has 0 bridgehead atoms. The van der Waals surface area contributed by atoms with E-state index in [2.05, 4.69) is 0 Å². The highest BCUT2D eigenvalue weighted by Gasteiger charge is 2.67. The van der Waals surface area contributed by atoms with Crippen LogP contribution in [-0.2, 0) is 24.7 Å². The topological polar surface area (TPSA) is 111 Å². The molecule has 0 unspecified atom stereocenters. The van der Waals surface area contributed by atoms with E-state index >= 15 is 0 Å². The fourth-order valence-corrected chi connectivity index (χ4v) is 10.2. The predicted molar refractivity (Wildman–Crippen MR) is 170 cm³/mol. The number of carbonyl (C=O) groups excluding carboxylic acids is 3. The third-order valence-corrected chi connectivity index (χ3v) is 12.1. The summed E-state index contributed by atoms with van der Waals surface area (Å²) in [6.45, 7) is 6.06. The number of aliphatic hydroxyl groups excluding tert-OH is 1. The summed E-state index contributed by atoms with van der Waals surface area (Å²) in [7, 11) is -3.01. The summed E-state index contributed by atoms with van der Waals surface area (Å²) in [6.07, 6.45) is 1.60. The van der Waals surface area contributed by atoms with Crippen molar-refractivity contribution >= 4 is 49.3 Å². The van der Waals surface area contributed by atoms with Crippen molar-refractivity contribution in [2.75, 3.05) is 23.0 Å². The standard InChI is InChI=1S/C34H39N3O6Si/c1-23-32(44(2,3)42)30(20-31(40)35-18-10-15-27(35)21-38)43-34(23)28-19-26(36(22-39)24-11-6-4-7-12-24)16-17-29(28)37(33(34)41)25-13-8-5-9-14-25/h4-9,11-14,16-17,19,22-23,27,30,32,38,42H,10,15,18,20-21H2,1-3H3/t23-,27+,30+,32-,34+/m1/s1. The Hall–Kier alpha value is -3.83. The lowest BCUT2D eigenvalue weighted by Gasteiger charge is -2.33. The highest BCUT2D eigenvalue weighted by molar-refractivity contribution is 6.71. The minimum Gasteiger partial charge on any atom is -0.432 e. The molecule has 3 amide bonds. The van der Waals surface area contributed by atoms with Gasteiger partial charge in [0.15, 0.2) is 13.9 Å². The number of ether oxygens (including phenoxy) is 1. The SMILES string of the molecule is C[C@@H]1[C@@H]([Si](C)(C)O)[C@H](CC(=O)N2CCC[C@H]2CO)O[C@@]12C(=O)N(c1ccccc1)c1ccc(N(C=O)c3ccccc3)cc12. The summed E-state index contributed by atoms with van der Waals surface area (Å²) in [5.41, 5.74) is 1.24. The van der Waals surface area contributed by atoms with Crippen LogP contribution in [0.5, 0.6) is 0 Å². The molecular formula is C34H39N3O6Si. The summed E-state index contributed by atoms with van der Waals surface area (Å²) < 4.78 is 6.89. The third-order valence-electron chi connectivity index (χ3n) is 9.59. The number of hydrogen-bond acceptors (Lipinski definition) is 6. The number of amides is 3. The molecule has 2 fully saturated rings. The predicted octanol–water partition coefficient (Wildman–Crippen LogP) is 4.83. The number of hydrogen-bond donors (Lipinski definition) is 2. The zero-order valence-corrected chi connectivity index (χ0v) is 26.3. The van der Waals surface area contributed by atoms with E-state index in [1.807, 2.05) is 98.9 Å². The van der Waals surface area contributed by atoms with Gasteiger partial charge in [0.05, 0.1) is 30.9 Å². The van der Waals surface area contributed by atoms with Crippen LogP contribution < -0.4 is 9.80 Å². The van der Waals surface area contributed by atoms with Gasteiger partial charge in [0.2, 0.25) is 12.3 Å². The molecule has 10 heteroatoms. The van der Waals surface area contributed by atoms with Crippen LogP contribution in [0.4, 0.5) is 22.7 Å². The second-order valence-corrected chi connectivity index (χ2v) is 16.6. The second kappa shape index (κ2) is 11.6. The fraction of sp³-hybridized carbons (Fsp3) is 0.382. The number of anilines is 4. The van der Waals surface area contributed by atoms with Crippen molar-refractivity contribution in [1.82, 2.24) is 4.90 Å². The van der Waals surface area contributed by atoms with E-state index in [1.165, 1.54) is 4.90 Å². The molecule has 0 aromatic heterocycles. The first-order chi connectivity index (χ1) is 21.1. The van der Waals surface area contributed by atoms with Gasteiger partial charge in [0.25, 0.3) is 5.91 Å². The molecule has 9 nitrogen and oxygen atoms in total. The quantitative estimate of drug-likeness (QED) is 0.278. The molecule has 1 spiro atoms. The molecule has 3 aromatic rings. The average Bonchev–Trinajstić information content (AvgIpc) is 3.68. The summed E-state index contributed by atoms with van der Waals surface area (Å²) in [5, 5.41) is 9.85. The Labute approximate surface area is 258 Å². The van der Waals surface area contributed by atoms with Gasteiger partial charge in [0, 0.05) is 40.6 Å². The van der Waals surface area contributed by atoms with Crippen molar-refractivity contribution in [2.24, 2.45) is 5.92 Å². The average molecular weight is 614 g/mol. The molecular weight excluding hydrogens is 574 g/mol. The molecule has 0 radical (unpaired) electrons. The molecule has 44 heavy (non-hydrogen) atoms. The highest BCUT2D eigenvalue weighted by Crippen LogP contribution is 2.61. The highest BCUT2D eigenvalue weighted by atomic mass is 28.4. The summed E-state index contributed by atoms with van der Waals surface area (Å²) in [5.74, 6) is -0.904. The van der Waals surface area contributed by atoms with Gasteiger partial charge in [0.1, 0.15) is 0 Å². The number of benzene rings is 3. The van der Waals surface area contributed by atoms with E-state index in [-0.39, 0.29) is 30.9 Å². The normalized spacial score (nSPS) is 26.3. The maximum Gasteiger partial charge on any atom is 0.268 e. The van der Waals surface area contributed by atoms with E-state index in [0.29, 0.717) is 34.9 Å². The zero-order chi connectivity index (χ0) is 31.2. The van der Waals surface area contributed by atoms with Gasteiger partial charge in [-0.3, -0.25) is 24.2 Å². The van der Waals surface area contributed by atoms with Crippen molar-refractivity contribution < 1.29 is 29.0 Å². The Morgan fingerprint density at radius 2 is 1.75 bits per heavy atom. The number of carbonyl (C=O) groups is 3. The number of aliphatic hydroxyl groups is 1. The Kier molecular flexibility index (Phi) is 7.96. The molecule has 5 atom stereocenters. The minimum absolute atomic E-state index is 0.00235. The van der Waals surface area contributed by atoms with Gasteiger partial charge in [-0.05, 0) is 68.4 Å². The summed E-state index contributed by atoms with van der Waals surface area (Å²) >= 11 is 0. The lowest BCUT2D eigenvalue weighted by molar-refractivity contribution is -0.149. The molecule has 3 aromatic carbocycles. The third kappa shape index (κ3) is 4.86. The van der Waals surface area contributed by atoms with Gasteiger partial charge in [-0.2, -0.15) is 0 Å². The van der Waals surface area contributed by atoms with E-state index < -0.39 is 31.5 Å². The maximum absolute atomic E-state index is 14.8. The molecule has 2 N–H and O–H groups in total. The monoisotopic (exact) mass is 613 g/mol. The van der Waals surface area contributed by atoms with E-state index in [0.717, 1.165) is 19.3 Å². The smallest absolute Gasteiger partial charge is 0.268 e. The van der Waals surface area contributed by atoms with E-state index in [4.69, 9.17) is 4.74 Å². The van der Waals surface area contributed by atoms with Crippen LogP contribution in [0.3, 0.4) is 0 Å². The van der Waals surface area contributed by atoms with Gasteiger partial charge in [-0.15, -0.1) is 0 Å². The maximum atomic E-state index is 14.8. The van der Waals surface area contributed by atoms with Crippen LogP contribution in [0.15, 0.2) is 78.9 Å². The van der Waals surface area contributed by atoms with Gasteiger partial charge in [-0.25, -0.2) is 0 Å². The molecule has 6 rings (SSSR count). The Balaban J connectivity index is 1.48. The molecule has 3 heterocycles. The van der Waals surface area contributed by atoms with Crippen LogP contribution in [0.25, 0.3) is 0 Å². The zero-order valence-electron chi connectivity index (χ0n) is 25.3. The summed E-state index contributed by atoms with van der Waals surface area (Å²) in [6, 6.07) is 23.9. The van der Waals surface area contributed by atoms with Crippen molar-refractivity contribution in [2.45, 2.75) is 62.6 Å². The van der Waals surface area contributed by atoms with E-state index in [9.17, 15) is 24.3 Å². The second-order valence-electron chi connectivity index (χ2n) is 12.6. The van der Waals surface area contributed by atoms with Crippen molar-refractivity contribution in [3.63, 3.8) is 0 Å². The fourth-order valence-electron chi connectivity index (χ4n) is 7.68. The first kappa shape index (κ1) is 30.2. The first-order valence-electron chi connectivity index (χ1n) is 15.3. The van der Waals surface area contributed by atoms with Crippen LogP contribution in [0.1, 0.15) is 31.7 Å². The lowest BCUT2D eigenvalue weighted by atomic mass is 9.82. The molecule has 3 aliphatic heterocycles. The number of fused-ring (bicyclic) bond motifs is 2. The van der Waals surface area contributed by atoms with Gasteiger partial charge < -0.3 is 19.5 Å². The van der Waals surface area contributed by atoms with Crippen molar-refractivity contribution in [3.8, 4) is 0 Å². The number of nitrogens with zero attached hydrogens (tertiary/aromatic N) is 3. The Morgan fingerprint density at radius 3 is 2.39 bits per heavy atom. The van der Waals surface area contributed by atoms with Crippen molar-refractivity contribution in [1.29, 1.82) is 0 Å². The molecule has 230 valence electrons. The van der Waals surface area contributed by atoms with E-state index in [1.54, 1.807) is 9.80 Å². The molecule has 3 aliphatic rings. The van der Waals surface area contributed by atoms with Crippen LogP contribution >= 0.6 is 0 Å². The molecule has 0 aliphatic carbocycles. The van der Waals surface area contributed by atoms with Crippen LogP contribution in [0, 0.1) is 5.92 Å². The lowest BCUT2D eigenvalue weighted by Crippen LogP contribution is -2.45. The van der Waals surface area contributed by atoms with Gasteiger partial charge >= 0.3 is 0 Å². The van der Waals surface area contributed by atoms with Gasteiger partial charge in [-0.1, -0.05) is 43.3 Å². The Morgan fingerprint density at radius 1 is 1.07 bits per heavy atom. The minimum atomic E-state index is -3.01.